The molecule has 1 saturated carbocycles. The van der Waals surface area contributed by atoms with E-state index in [0.29, 0.717) is 17.8 Å². The fourth-order valence-electron chi connectivity index (χ4n) is 5.11. The molecule has 2 bridgehead atoms. The van der Waals surface area contributed by atoms with E-state index in [0.717, 1.165) is 24.9 Å². The van der Waals surface area contributed by atoms with Gasteiger partial charge in [0.1, 0.15) is 0 Å². The first-order chi connectivity index (χ1) is 11.3. The van der Waals surface area contributed by atoms with Gasteiger partial charge in [0.25, 0.3) is 0 Å². The molecule has 1 aromatic carbocycles. The summed E-state index contributed by atoms with van der Waals surface area (Å²) in [5, 5.41) is 11.8. The molecule has 1 saturated heterocycles. The zero-order chi connectivity index (χ0) is 15.7. The molecule has 0 spiro atoms. The molecule has 2 heteroatoms. The SMILES string of the molecule is OC(CCN1CCCCC1)(c1ccccc1)C1C[C@@H]2C=C[C@H]1C2. The molecule has 2 aliphatic carbocycles. The van der Waals surface area contributed by atoms with Gasteiger partial charge in [-0.05, 0) is 68.5 Å². The summed E-state index contributed by atoms with van der Waals surface area (Å²) in [4.78, 5) is 2.56. The molecule has 4 rings (SSSR count). The van der Waals surface area contributed by atoms with Gasteiger partial charge in [0, 0.05) is 6.54 Å². The summed E-state index contributed by atoms with van der Waals surface area (Å²) in [5.74, 6) is 1.67. The van der Waals surface area contributed by atoms with E-state index in [2.05, 4.69) is 47.4 Å². The summed E-state index contributed by atoms with van der Waals surface area (Å²) in [5.41, 5.74) is 0.464. The van der Waals surface area contributed by atoms with Gasteiger partial charge in [0.2, 0.25) is 0 Å². The second-order valence-electron chi connectivity index (χ2n) is 7.83. The van der Waals surface area contributed by atoms with Crippen molar-refractivity contribution in [3.05, 3.63) is 48.0 Å². The third-order valence-electron chi connectivity index (χ3n) is 6.42. The van der Waals surface area contributed by atoms with Crippen LogP contribution < -0.4 is 0 Å². The standard InChI is InChI=1S/C21H29NO/c23-21(19-7-3-1-4-8-19,11-14-22-12-5-2-6-13-22)20-16-17-9-10-18(20)15-17/h1,3-4,7-10,17-18,20,23H,2,5-6,11-16H2/t17-,18+,20?,21?/m1/s1. The topological polar surface area (TPSA) is 23.5 Å². The third kappa shape index (κ3) is 2.99. The van der Waals surface area contributed by atoms with Crippen molar-refractivity contribution in [3.63, 3.8) is 0 Å². The number of nitrogens with zero attached hydrogens (tertiary/aromatic N) is 1. The lowest BCUT2D eigenvalue weighted by Gasteiger charge is -2.40. The molecule has 3 aliphatic rings. The first kappa shape index (κ1) is 15.4. The molecule has 0 aromatic heterocycles. The Bertz CT molecular complexity index is 548. The number of hydrogen-bond acceptors (Lipinski definition) is 2. The van der Waals surface area contributed by atoms with Gasteiger partial charge in [0.15, 0.2) is 0 Å². The van der Waals surface area contributed by atoms with Gasteiger partial charge in [-0.15, -0.1) is 0 Å². The Labute approximate surface area is 140 Å². The Balaban J connectivity index is 1.55. The molecule has 1 N–H and O–H groups in total. The summed E-state index contributed by atoms with van der Waals surface area (Å²) in [7, 11) is 0. The van der Waals surface area contributed by atoms with Crippen LogP contribution in [0.1, 0.15) is 44.1 Å². The van der Waals surface area contributed by atoms with Crippen LogP contribution in [0.15, 0.2) is 42.5 Å². The average Bonchev–Trinajstić information content (AvgIpc) is 3.25. The van der Waals surface area contributed by atoms with Crippen molar-refractivity contribution < 1.29 is 5.11 Å². The molecular formula is C21H29NO. The van der Waals surface area contributed by atoms with Crippen molar-refractivity contribution in [3.8, 4) is 0 Å². The number of piperidine rings is 1. The minimum Gasteiger partial charge on any atom is -0.385 e. The molecular weight excluding hydrogens is 282 g/mol. The van der Waals surface area contributed by atoms with Crippen molar-refractivity contribution in [2.75, 3.05) is 19.6 Å². The van der Waals surface area contributed by atoms with Crippen LogP contribution in [0.3, 0.4) is 0 Å². The second-order valence-corrected chi connectivity index (χ2v) is 7.83. The van der Waals surface area contributed by atoms with Gasteiger partial charge in [-0.3, -0.25) is 0 Å². The monoisotopic (exact) mass is 311 g/mol. The van der Waals surface area contributed by atoms with Gasteiger partial charge in [0.05, 0.1) is 5.60 Å². The van der Waals surface area contributed by atoms with Crippen molar-refractivity contribution in [1.29, 1.82) is 0 Å². The Hall–Kier alpha value is -1.12. The maximum absolute atomic E-state index is 11.8. The lowest BCUT2D eigenvalue weighted by atomic mass is 9.72. The Kier molecular flexibility index (Phi) is 4.29. The second kappa shape index (κ2) is 6.41. The average molecular weight is 311 g/mol. The van der Waals surface area contributed by atoms with Crippen LogP contribution in [0.2, 0.25) is 0 Å². The first-order valence-electron chi connectivity index (χ1n) is 9.44. The number of fused-ring (bicyclic) bond motifs is 2. The number of aliphatic hydroxyl groups is 1. The molecule has 124 valence electrons. The van der Waals surface area contributed by atoms with E-state index in [-0.39, 0.29) is 0 Å². The van der Waals surface area contributed by atoms with Crippen molar-refractivity contribution >= 4 is 0 Å². The molecule has 0 radical (unpaired) electrons. The maximum atomic E-state index is 11.8. The molecule has 1 heterocycles. The minimum absolute atomic E-state index is 0.393. The predicted molar refractivity (Wildman–Crippen MR) is 94.1 cm³/mol. The van der Waals surface area contributed by atoms with Crippen LogP contribution in [0, 0.1) is 17.8 Å². The van der Waals surface area contributed by atoms with E-state index >= 15 is 0 Å². The fourth-order valence-corrected chi connectivity index (χ4v) is 5.11. The molecule has 0 amide bonds. The van der Waals surface area contributed by atoms with Crippen molar-refractivity contribution in [2.24, 2.45) is 17.8 Å². The Morgan fingerprint density at radius 2 is 1.78 bits per heavy atom. The molecule has 4 atom stereocenters. The Morgan fingerprint density at radius 1 is 1.00 bits per heavy atom. The highest BCUT2D eigenvalue weighted by molar-refractivity contribution is 5.27. The van der Waals surface area contributed by atoms with E-state index in [1.165, 1.54) is 38.8 Å². The summed E-state index contributed by atoms with van der Waals surface area (Å²) in [6.45, 7) is 3.45. The number of benzene rings is 1. The highest BCUT2D eigenvalue weighted by Crippen LogP contribution is 2.52. The number of allylic oxidation sites excluding steroid dienone is 2. The fraction of sp³-hybridized carbons (Fsp3) is 0.619. The van der Waals surface area contributed by atoms with Crippen molar-refractivity contribution in [1.82, 2.24) is 4.90 Å². The highest BCUT2D eigenvalue weighted by atomic mass is 16.3. The molecule has 1 aliphatic heterocycles. The zero-order valence-corrected chi connectivity index (χ0v) is 14.0. The smallest absolute Gasteiger partial charge is 0.0942 e. The highest BCUT2D eigenvalue weighted by Gasteiger charge is 2.48. The van der Waals surface area contributed by atoms with Gasteiger partial charge in [-0.1, -0.05) is 48.9 Å². The molecule has 2 fully saturated rings. The van der Waals surface area contributed by atoms with Gasteiger partial charge in [-0.2, -0.15) is 0 Å². The van der Waals surface area contributed by atoms with Crippen LogP contribution in [-0.4, -0.2) is 29.6 Å². The van der Waals surface area contributed by atoms with E-state index in [4.69, 9.17) is 0 Å². The normalized spacial score (nSPS) is 33.0. The van der Waals surface area contributed by atoms with Crippen LogP contribution in [0.5, 0.6) is 0 Å². The zero-order valence-electron chi connectivity index (χ0n) is 14.0. The van der Waals surface area contributed by atoms with E-state index < -0.39 is 5.60 Å². The maximum Gasteiger partial charge on any atom is 0.0942 e. The van der Waals surface area contributed by atoms with Crippen LogP contribution in [0.4, 0.5) is 0 Å². The van der Waals surface area contributed by atoms with E-state index in [1.807, 2.05) is 0 Å². The van der Waals surface area contributed by atoms with Crippen LogP contribution >= 0.6 is 0 Å². The molecule has 2 unspecified atom stereocenters. The molecule has 2 nitrogen and oxygen atoms in total. The third-order valence-corrected chi connectivity index (χ3v) is 6.42. The first-order valence-corrected chi connectivity index (χ1v) is 9.44. The number of hydrogen-bond donors (Lipinski definition) is 1. The number of rotatable bonds is 5. The minimum atomic E-state index is -0.664. The largest absolute Gasteiger partial charge is 0.385 e. The summed E-state index contributed by atoms with van der Waals surface area (Å²) in [6, 6.07) is 10.5. The van der Waals surface area contributed by atoms with Gasteiger partial charge in [-0.25, -0.2) is 0 Å². The summed E-state index contributed by atoms with van der Waals surface area (Å²) in [6.07, 6.45) is 12.0. The van der Waals surface area contributed by atoms with Crippen LogP contribution in [-0.2, 0) is 5.60 Å². The lowest BCUT2D eigenvalue weighted by molar-refractivity contribution is -0.0495. The van der Waals surface area contributed by atoms with E-state index in [9.17, 15) is 5.11 Å². The predicted octanol–water partition coefficient (Wildman–Crippen LogP) is 3.96. The molecule has 1 aromatic rings. The van der Waals surface area contributed by atoms with Gasteiger partial charge < -0.3 is 10.0 Å². The van der Waals surface area contributed by atoms with Gasteiger partial charge >= 0.3 is 0 Å². The summed E-state index contributed by atoms with van der Waals surface area (Å²) < 4.78 is 0. The van der Waals surface area contributed by atoms with E-state index in [1.54, 1.807) is 0 Å². The lowest BCUT2D eigenvalue weighted by Crippen LogP contribution is -2.42. The van der Waals surface area contributed by atoms with Crippen LogP contribution in [0.25, 0.3) is 0 Å². The Morgan fingerprint density at radius 3 is 2.43 bits per heavy atom. The number of likely N-dealkylation sites (tertiary alicyclic amines) is 1. The molecule has 23 heavy (non-hydrogen) atoms. The van der Waals surface area contributed by atoms with Crippen molar-refractivity contribution in [2.45, 2.75) is 44.1 Å². The summed E-state index contributed by atoms with van der Waals surface area (Å²) >= 11 is 0. The quantitative estimate of drug-likeness (QED) is 0.832.